The zero-order chi connectivity index (χ0) is 14.7. The topological polar surface area (TPSA) is 41.0 Å². The second-order valence-corrected chi connectivity index (χ2v) is 6.51. The van der Waals surface area contributed by atoms with Crippen LogP contribution in [0.1, 0.15) is 52.8 Å². The van der Waals surface area contributed by atoms with Crippen LogP contribution in [0, 0.1) is 11.8 Å². The fraction of sp³-hybridized carbons (Fsp3) is 0.750. The van der Waals surface area contributed by atoms with Crippen LogP contribution in [0.5, 0.6) is 0 Å². The predicted molar refractivity (Wildman–Crippen MR) is 85.4 cm³/mol. The van der Waals surface area contributed by atoms with Gasteiger partial charge in [0.2, 0.25) is 0 Å². The number of anilines is 2. The molecule has 0 radical (unpaired) electrons. The van der Waals surface area contributed by atoms with Gasteiger partial charge in [0.15, 0.2) is 0 Å². The average molecular weight is 276 g/mol. The molecule has 0 amide bonds. The molecule has 112 valence electrons. The molecule has 2 heterocycles. The molecule has 1 fully saturated rings. The maximum Gasteiger partial charge on any atom is 0.135 e. The molecule has 4 heteroatoms. The monoisotopic (exact) mass is 276 g/mol. The average Bonchev–Trinajstić information content (AvgIpc) is 2.37. The molecule has 2 rings (SSSR count). The normalized spacial score (nSPS) is 23.2. The number of nitrogens with zero attached hydrogens (tertiary/aromatic N) is 3. The lowest BCUT2D eigenvalue weighted by Crippen LogP contribution is -2.39. The lowest BCUT2D eigenvalue weighted by molar-refractivity contribution is 0.355. The Morgan fingerprint density at radius 1 is 1.25 bits per heavy atom. The lowest BCUT2D eigenvalue weighted by atomic mass is 9.92. The summed E-state index contributed by atoms with van der Waals surface area (Å²) in [6.45, 7) is 14.2. The summed E-state index contributed by atoms with van der Waals surface area (Å²) in [5.74, 6) is 4.79. The summed E-state index contributed by atoms with van der Waals surface area (Å²) in [6, 6.07) is 2.10. The molecule has 0 bridgehead atoms. The molecule has 2 unspecified atom stereocenters. The molecule has 0 saturated carbocycles. The first-order chi connectivity index (χ1) is 9.49. The van der Waals surface area contributed by atoms with E-state index in [4.69, 9.17) is 4.98 Å². The lowest BCUT2D eigenvalue weighted by Gasteiger charge is -2.36. The Bertz CT molecular complexity index is 434. The van der Waals surface area contributed by atoms with E-state index in [1.807, 2.05) is 0 Å². The Morgan fingerprint density at radius 3 is 2.45 bits per heavy atom. The van der Waals surface area contributed by atoms with E-state index in [-0.39, 0.29) is 0 Å². The van der Waals surface area contributed by atoms with Crippen LogP contribution in [0.4, 0.5) is 11.6 Å². The number of nitrogens with one attached hydrogen (secondary N) is 1. The molecule has 0 aromatic carbocycles. The molecule has 1 aromatic heterocycles. The number of aromatic nitrogens is 2. The number of rotatable bonds is 4. The van der Waals surface area contributed by atoms with Gasteiger partial charge in [-0.05, 0) is 25.2 Å². The van der Waals surface area contributed by atoms with Gasteiger partial charge in [0.05, 0.1) is 0 Å². The summed E-state index contributed by atoms with van der Waals surface area (Å²) in [5.41, 5.74) is 0. The van der Waals surface area contributed by atoms with Crippen LogP contribution in [0.25, 0.3) is 0 Å². The highest BCUT2D eigenvalue weighted by Crippen LogP contribution is 2.27. The summed E-state index contributed by atoms with van der Waals surface area (Å²) in [4.78, 5) is 11.8. The molecule has 1 aliphatic rings. The van der Waals surface area contributed by atoms with Gasteiger partial charge in [-0.25, -0.2) is 9.97 Å². The maximum atomic E-state index is 4.78. The fourth-order valence-electron chi connectivity index (χ4n) is 2.99. The van der Waals surface area contributed by atoms with E-state index in [9.17, 15) is 0 Å². The first kappa shape index (κ1) is 15.1. The number of hydrogen-bond donors (Lipinski definition) is 1. The standard InChI is InChI=1S/C16H28N4/c1-6-17-14-8-15(19-16(18-14)11(2)3)20-9-12(4)7-13(5)10-20/h8,11-13H,6-7,9-10H2,1-5H3,(H,17,18,19). The van der Waals surface area contributed by atoms with Gasteiger partial charge in [-0.15, -0.1) is 0 Å². The smallest absolute Gasteiger partial charge is 0.135 e. The van der Waals surface area contributed by atoms with Gasteiger partial charge in [-0.1, -0.05) is 27.7 Å². The van der Waals surface area contributed by atoms with E-state index in [2.05, 4.69) is 55.9 Å². The van der Waals surface area contributed by atoms with Gasteiger partial charge < -0.3 is 10.2 Å². The highest BCUT2D eigenvalue weighted by molar-refractivity contribution is 5.50. The van der Waals surface area contributed by atoms with E-state index >= 15 is 0 Å². The van der Waals surface area contributed by atoms with Crippen LogP contribution in [-0.2, 0) is 0 Å². The Morgan fingerprint density at radius 2 is 1.90 bits per heavy atom. The minimum Gasteiger partial charge on any atom is -0.370 e. The van der Waals surface area contributed by atoms with Crippen LogP contribution >= 0.6 is 0 Å². The molecule has 1 aliphatic heterocycles. The van der Waals surface area contributed by atoms with Crippen molar-refractivity contribution in [1.82, 2.24) is 9.97 Å². The number of hydrogen-bond acceptors (Lipinski definition) is 4. The van der Waals surface area contributed by atoms with Gasteiger partial charge in [0, 0.05) is 31.6 Å². The summed E-state index contributed by atoms with van der Waals surface area (Å²) in [6.07, 6.45) is 1.32. The van der Waals surface area contributed by atoms with Crippen molar-refractivity contribution < 1.29 is 0 Å². The van der Waals surface area contributed by atoms with Crippen molar-refractivity contribution in [1.29, 1.82) is 0 Å². The Labute approximate surface area is 123 Å². The van der Waals surface area contributed by atoms with E-state index in [1.165, 1.54) is 6.42 Å². The number of piperidine rings is 1. The molecular formula is C16H28N4. The molecule has 0 spiro atoms. The molecule has 2 atom stereocenters. The fourth-order valence-corrected chi connectivity index (χ4v) is 2.99. The van der Waals surface area contributed by atoms with E-state index in [1.54, 1.807) is 0 Å². The first-order valence-corrected chi connectivity index (χ1v) is 7.87. The van der Waals surface area contributed by atoms with Crippen molar-refractivity contribution in [3.05, 3.63) is 11.9 Å². The van der Waals surface area contributed by atoms with Crippen molar-refractivity contribution in [3.8, 4) is 0 Å². The molecule has 1 N–H and O–H groups in total. The van der Waals surface area contributed by atoms with E-state index in [0.717, 1.165) is 48.9 Å². The quantitative estimate of drug-likeness (QED) is 0.913. The van der Waals surface area contributed by atoms with E-state index in [0.29, 0.717) is 5.92 Å². The van der Waals surface area contributed by atoms with Crippen LogP contribution in [0.2, 0.25) is 0 Å². The minimum absolute atomic E-state index is 0.354. The van der Waals surface area contributed by atoms with Crippen LogP contribution < -0.4 is 10.2 Å². The zero-order valence-corrected chi connectivity index (χ0v) is 13.5. The highest BCUT2D eigenvalue weighted by Gasteiger charge is 2.23. The molecular weight excluding hydrogens is 248 g/mol. The van der Waals surface area contributed by atoms with Crippen molar-refractivity contribution in [2.45, 2.75) is 47.0 Å². The third-order valence-electron chi connectivity index (χ3n) is 3.80. The Balaban J connectivity index is 2.29. The van der Waals surface area contributed by atoms with Gasteiger partial charge >= 0.3 is 0 Å². The summed E-state index contributed by atoms with van der Waals surface area (Å²) >= 11 is 0. The van der Waals surface area contributed by atoms with E-state index < -0.39 is 0 Å². The second-order valence-electron chi connectivity index (χ2n) is 6.51. The SMILES string of the molecule is CCNc1cc(N2CC(C)CC(C)C2)nc(C(C)C)n1. The van der Waals surface area contributed by atoms with Crippen LogP contribution in [-0.4, -0.2) is 29.6 Å². The van der Waals surface area contributed by atoms with Crippen molar-refractivity contribution in [3.63, 3.8) is 0 Å². The van der Waals surface area contributed by atoms with Gasteiger partial charge in [-0.3, -0.25) is 0 Å². The van der Waals surface area contributed by atoms with Crippen LogP contribution in [0.15, 0.2) is 6.07 Å². The Hall–Kier alpha value is -1.32. The molecule has 0 aliphatic carbocycles. The molecule has 20 heavy (non-hydrogen) atoms. The zero-order valence-electron chi connectivity index (χ0n) is 13.5. The minimum atomic E-state index is 0.354. The highest BCUT2D eigenvalue weighted by atomic mass is 15.2. The summed E-state index contributed by atoms with van der Waals surface area (Å²) in [5, 5.41) is 3.33. The van der Waals surface area contributed by atoms with Gasteiger partial charge in [0.1, 0.15) is 17.5 Å². The Kier molecular flexibility index (Phi) is 4.84. The molecule has 1 saturated heterocycles. The third kappa shape index (κ3) is 3.62. The summed E-state index contributed by atoms with van der Waals surface area (Å²) in [7, 11) is 0. The molecule has 4 nitrogen and oxygen atoms in total. The van der Waals surface area contributed by atoms with Crippen LogP contribution in [0.3, 0.4) is 0 Å². The van der Waals surface area contributed by atoms with Gasteiger partial charge in [-0.2, -0.15) is 0 Å². The van der Waals surface area contributed by atoms with Gasteiger partial charge in [0.25, 0.3) is 0 Å². The predicted octanol–water partition coefficient (Wildman–Crippen LogP) is 3.51. The third-order valence-corrected chi connectivity index (χ3v) is 3.80. The molecule has 1 aromatic rings. The van der Waals surface area contributed by atoms with Crippen molar-refractivity contribution in [2.24, 2.45) is 11.8 Å². The first-order valence-electron chi connectivity index (χ1n) is 7.87. The largest absolute Gasteiger partial charge is 0.370 e. The van der Waals surface area contributed by atoms with Crippen molar-refractivity contribution in [2.75, 3.05) is 29.9 Å². The second kappa shape index (κ2) is 6.42. The van der Waals surface area contributed by atoms with Crippen molar-refractivity contribution >= 4 is 11.6 Å². The summed E-state index contributed by atoms with van der Waals surface area (Å²) < 4.78 is 0. The maximum absolute atomic E-state index is 4.78.